The van der Waals surface area contributed by atoms with E-state index in [1.54, 1.807) is 0 Å². The quantitative estimate of drug-likeness (QED) is 0.0722. The van der Waals surface area contributed by atoms with Gasteiger partial charge in [0.05, 0.1) is 61.2 Å². The van der Waals surface area contributed by atoms with E-state index in [1.807, 2.05) is 0 Å². The number of nitrogens with zero attached hydrogens (tertiary/aromatic N) is 2. The van der Waals surface area contributed by atoms with Crippen molar-refractivity contribution < 1.29 is 119 Å². The molecule has 0 aromatic heterocycles. The molecule has 0 saturated heterocycles. The maximum Gasteiger partial charge on any atom is 0.200 e. The van der Waals surface area contributed by atoms with Crippen molar-refractivity contribution in [2.24, 2.45) is 0 Å². The largest absolute Gasteiger partial charge is 0.203 e. The number of nitriles is 2. The van der Waals surface area contributed by atoms with Gasteiger partial charge in [-0.3, -0.25) is 0 Å². The number of hydrogen-bond acceptors (Lipinski definition) is 2. The van der Waals surface area contributed by atoms with Gasteiger partial charge in [0.15, 0.2) is 140 Å². The van der Waals surface area contributed by atoms with E-state index < -0.39 is 241 Å². The van der Waals surface area contributed by atoms with Crippen LogP contribution in [0.3, 0.4) is 0 Å². The topological polar surface area (TPSA) is 47.6 Å². The zero-order valence-corrected chi connectivity index (χ0v) is 34.1. The van der Waals surface area contributed by atoms with Crippen molar-refractivity contribution in [3.8, 4) is 45.5 Å². The van der Waals surface area contributed by atoms with Crippen LogP contribution in [0.2, 0.25) is 0 Å². The fraction of sp³-hybridized carbons (Fsp3) is 0.0222. The Morgan fingerprint density at radius 3 is 0.541 bits per heavy atom. The number of halogens is 27. The first-order chi connectivity index (χ1) is 34.4. The summed E-state index contributed by atoms with van der Waals surface area (Å²) in [5, 5.41) is 20.3. The van der Waals surface area contributed by atoms with E-state index in [0.29, 0.717) is 12.1 Å². The summed E-state index contributed by atoms with van der Waals surface area (Å²) >= 11 is 0. The van der Waals surface area contributed by atoms with Crippen LogP contribution in [0, 0.1) is 180 Å². The lowest BCUT2D eigenvalue weighted by atomic mass is 9.95. The lowest BCUT2D eigenvalue weighted by Gasteiger charge is -2.15. The Morgan fingerprint density at radius 2 is 0.365 bits per heavy atom. The molecule has 0 amide bonds. The number of allylic oxidation sites excluding steroid dienone is 6. The molecule has 1 aliphatic carbocycles. The van der Waals surface area contributed by atoms with Gasteiger partial charge in [0.1, 0.15) is 12.1 Å². The van der Waals surface area contributed by atoms with Crippen LogP contribution in [-0.2, 0) is 0 Å². The SMILES string of the molecule is C/C(=C1\C(=C(C#N)c2c(F)c(F)c(-c3c(F)c(F)c(F)c(F)c3F)c(F)c2F)\C1=C(\C#N)c1c(F)c(F)c(-c2c(F)c(F)c(F)c(F)c2F)c(F)c1F)c1c(F)c(F)c(-c2c(F)c(F)c(F)c(F)c2F)c(F)c1F. The third-order valence-electron chi connectivity index (χ3n) is 10.8. The zero-order valence-electron chi connectivity index (χ0n) is 34.1. The van der Waals surface area contributed by atoms with Crippen LogP contribution in [0.25, 0.3) is 50.1 Å². The normalized spacial score (nSPS) is 14.4. The summed E-state index contributed by atoms with van der Waals surface area (Å²) in [4.78, 5) is 0. The van der Waals surface area contributed by atoms with Crippen molar-refractivity contribution in [1.82, 2.24) is 0 Å². The molecule has 29 heteroatoms. The smallest absolute Gasteiger partial charge is 0.200 e. The summed E-state index contributed by atoms with van der Waals surface area (Å²) in [7, 11) is 0. The molecule has 382 valence electrons. The first kappa shape index (κ1) is 53.4. The van der Waals surface area contributed by atoms with Crippen molar-refractivity contribution in [2.45, 2.75) is 6.92 Å². The highest BCUT2D eigenvalue weighted by Gasteiger charge is 2.47. The van der Waals surface area contributed by atoms with Crippen molar-refractivity contribution in [1.29, 1.82) is 10.5 Å². The zero-order chi connectivity index (χ0) is 55.7. The van der Waals surface area contributed by atoms with Gasteiger partial charge in [-0.2, -0.15) is 10.5 Å². The first-order valence-electron chi connectivity index (χ1n) is 18.5. The molecule has 0 spiro atoms. The summed E-state index contributed by atoms with van der Waals surface area (Å²) < 4.78 is 404. The summed E-state index contributed by atoms with van der Waals surface area (Å²) in [5.41, 5.74) is -36.4. The maximum absolute atomic E-state index is 16.0. The van der Waals surface area contributed by atoms with Gasteiger partial charge in [0.25, 0.3) is 0 Å². The maximum atomic E-state index is 16.0. The Balaban J connectivity index is 1.65. The van der Waals surface area contributed by atoms with Crippen molar-refractivity contribution in [3.05, 3.63) is 190 Å². The molecule has 0 radical (unpaired) electrons. The number of rotatable bonds is 6. The monoisotopic (exact) mass is 1080 g/mol. The Hall–Kier alpha value is -8.37. The average Bonchev–Trinajstić information content (AvgIpc) is 4.10. The minimum absolute atomic E-state index is 0.0745. The molecule has 0 unspecified atom stereocenters. The molecule has 2 nitrogen and oxygen atoms in total. The average molecular weight is 1080 g/mol. The van der Waals surface area contributed by atoms with Crippen molar-refractivity contribution in [2.75, 3.05) is 0 Å². The molecule has 7 rings (SSSR count). The second kappa shape index (κ2) is 18.3. The molecule has 1 aliphatic rings. The standard InChI is InChI=1S/C45H3F27N2/c1-4(8-19(46)25(52)13(26(53)20(8)47)16-31(58)37(64)43(70)38(65)32(16)59)7-9(5(2-73)11-21(48)27(54)14(28(55)22(11)49)17-33(60)39(66)44(71)40(67)34(17)61)10(7)6(3-74)12-23(50)29(56)15(30(57)24(12)51)18-35(62)41(68)45(72)42(69)36(18)63/h1H3/b7-4-,9-5?,10-6-. The Bertz CT molecular complexity index is 3490. The van der Waals surface area contributed by atoms with Crippen LogP contribution in [0.4, 0.5) is 119 Å². The molecular weight excluding hydrogens is 1080 g/mol. The predicted octanol–water partition coefficient (Wildman–Crippen LogP) is 15.2. The van der Waals surface area contributed by atoms with Gasteiger partial charge >= 0.3 is 0 Å². The van der Waals surface area contributed by atoms with Crippen LogP contribution >= 0.6 is 0 Å². The predicted molar refractivity (Wildman–Crippen MR) is 192 cm³/mol. The van der Waals surface area contributed by atoms with Crippen LogP contribution in [0.1, 0.15) is 23.6 Å². The van der Waals surface area contributed by atoms with Gasteiger partial charge in [-0.05, 0) is 18.1 Å². The highest BCUT2D eigenvalue weighted by Crippen LogP contribution is 2.58. The molecule has 1 fully saturated rings. The third-order valence-corrected chi connectivity index (χ3v) is 10.8. The van der Waals surface area contributed by atoms with Gasteiger partial charge in [-0.15, -0.1) is 0 Å². The minimum Gasteiger partial charge on any atom is -0.203 e. The van der Waals surface area contributed by atoms with E-state index in [2.05, 4.69) is 0 Å². The van der Waals surface area contributed by atoms with E-state index in [1.165, 1.54) is 0 Å². The lowest BCUT2D eigenvalue weighted by Crippen LogP contribution is -2.11. The second-order valence-corrected chi connectivity index (χ2v) is 14.6. The lowest BCUT2D eigenvalue weighted by molar-refractivity contribution is 0.379. The van der Waals surface area contributed by atoms with Gasteiger partial charge in [-0.1, -0.05) is 0 Å². The highest BCUT2D eigenvalue weighted by molar-refractivity contribution is 6.10. The van der Waals surface area contributed by atoms with E-state index in [4.69, 9.17) is 0 Å². The molecule has 0 N–H and O–H groups in total. The van der Waals surface area contributed by atoms with Gasteiger partial charge in [0.2, 0.25) is 17.5 Å². The second-order valence-electron chi connectivity index (χ2n) is 14.6. The Labute approximate surface area is 388 Å². The van der Waals surface area contributed by atoms with E-state index in [-0.39, 0.29) is 6.92 Å². The van der Waals surface area contributed by atoms with E-state index in [0.717, 1.165) is 0 Å². The third kappa shape index (κ3) is 7.24. The molecule has 1 saturated carbocycles. The summed E-state index contributed by atoms with van der Waals surface area (Å²) in [6, 6.07) is 1.34. The highest BCUT2D eigenvalue weighted by atomic mass is 19.2. The van der Waals surface area contributed by atoms with Crippen LogP contribution in [0.5, 0.6) is 0 Å². The van der Waals surface area contributed by atoms with Crippen LogP contribution in [0.15, 0.2) is 16.7 Å². The molecule has 6 aromatic carbocycles. The molecule has 0 bridgehead atoms. The molecule has 6 aromatic rings. The van der Waals surface area contributed by atoms with Crippen molar-refractivity contribution in [3.63, 3.8) is 0 Å². The fourth-order valence-electron chi connectivity index (χ4n) is 7.46. The van der Waals surface area contributed by atoms with E-state index in [9.17, 15) is 76.4 Å². The fourth-order valence-corrected chi connectivity index (χ4v) is 7.46. The first-order valence-corrected chi connectivity index (χ1v) is 18.5. The van der Waals surface area contributed by atoms with Crippen molar-refractivity contribution >= 4 is 16.7 Å². The molecule has 74 heavy (non-hydrogen) atoms. The Kier molecular flexibility index (Phi) is 13.2. The summed E-state index contributed by atoms with van der Waals surface area (Å²) in [6.07, 6.45) is 0. The molecular formula is C45H3F27N2. The van der Waals surface area contributed by atoms with Crippen LogP contribution in [-0.4, -0.2) is 0 Å². The molecule has 0 atom stereocenters. The van der Waals surface area contributed by atoms with Gasteiger partial charge in [-0.25, -0.2) is 119 Å². The Morgan fingerprint density at radius 1 is 0.216 bits per heavy atom. The number of benzene rings is 6. The van der Waals surface area contributed by atoms with Gasteiger partial charge in [0, 0.05) is 11.1 Å². The van der Waals surface area contributed by atoms with E-state index >= 15 is 52.7 Å². The minimum atomic E-state index is -3.24. The number of hydrogen-bond donors (Lipinski definition) is 0. The summed E-state index contributed by atoms with van der Waals surface area (Å²) in [5.74, 6) is -84.4. The molecule has 0 aliphatic heterocycles. The van der Waals surface area contributed by atoms with Gasteiger partial charge < -0.3 is 0 Å². The summed E-state index contributed by atoms with van der Waals surface area (Å²) in [6.45, 7) is 0.0745. The van der Waals surface area contributed by atoms with Crippen LogP contribution < -0.4 is 0 Å². The molecule has 0 heterocycles.